The van der Waals surface area contributed by atoms with E-state index in [2.05, 4.69) is 5.32 Å². The molecular weight excluding hydrogens is 398 g/mol. The topological polar surface area (TPSA) is 92.5 Å². The van der Waals surface area contributed by atoms with E-state index in [1.165, 1.54) is 4.31 Å². The Labute approximate surface area is 173 Å². The van der Waals surface area contributed by atoms with Crippen LogP contribution in [-0.2, 0) is 21.4 Å². The van der Waals surface area contributed by atoms with Gasteiger partial charge in [-0.2, -0.15) is 4.31 Å². The Morgan fingerprint density at radius 1 is 1.07 bits per heavy atom. The highest BCUT2D eigenvalue weighted by Crippen LogP contribution is 2.17. The fraction of sp³-hybridized carbons (Fsp3) is 0.350. The van der Waals surface area contributed by atoms with Gasteiger partial charge in [0.15, 0.2) is 0 Å². The highest BCUT2D eigenvalue weighted by Gasteiger charge is 2.22. The van der Waals surface area contributed by atoms with Gasteiger partial charge in [0.25, 0.3) is 0 Å². The van der Waals surface area contributed by atoms with Crippen LogP contribution in [0.1, 0.15) is 36.6 Å². The van der Waals surface area contributed by atoms with Crippen molar-refractivity contribution in [2.75, 3.05) is 7.05 Å². The van der Waals surface area contributed by atoms with Crippen molar-refractivity contribution in [3.05, 3.63) is 65.2 Å². The minimum atomic E-state index is -3.51. The third-order valence-corrected chi connectivity index (χ3v) is 6.56. The van der Waals surface area contributed by atoms with E-state index in [0.717, 1.165) is 16.7 Å². The molecule has 0 saturated heterocycles. The lowest BCUT2D eigenvalue weighted by molar-refractivity contribution is -0.122. The SMILES string of the molecule is Cc1ccc(C(N)C(=O)NCc2ccc(S(=O)(=O)N(C)C(C)C)cc2)cc1.Cl. The third-order valence-electron chi connectivity index (χ3n) is 4.51. The summed E-state index contributed by atoms with van der Waals surface area (Å²) in [6.45, 7) is 5.88. The Hall–Kier alpha value is -1.93. The minimum absolute atomic E-state index is 0. The Morgan fingerprint density at radius 2 is 1.61 bits per heavy atom. The Morgan fingerprint density at radius 3 is 2.11 bits per heavy atom. The molecule has 2 aromatic rings. The van der Waals surface area contributed by atoms with Gasteiger partial charge in [-0.25, -0.2) is 8.42 Å². The van der Waals surface area contributed by atoms with E-state index >= 15 is 0 Å². The number of carbonyl (C=O) groups is 1. The van der Waals surface area contributed by atoms with Gasteiger partial charge in [0, 0.05) is 19.6 Å². The quantitative estimate of drug-likeness (QED) is 0.713. The molecule has 0 radical (unpaired) electrons. The van der Waals surface area contributed by atoms with E-state index in [0.29, 0.717) is 0 Å². The van der Waals surface area contributed by atoms with Crippen LogP contribution < -0.4 is 11.1 Å². The summed E-state index contributed by atoms with van der Waals surface area (Å²) in [4.78, 5) is 12.5. The number of rotatable bonds is 7. The van der Waals surface area contributed by atoms with Crippen LogP contribution in [0, 0.1) is 6.92 Å². The summed E-state index contributed by atoms with van der Waals surface area (Å²) in [7, 11) is -1.96. The molecule has 2 aromatic carbocycles. The molecule has 0 aliphatic heterocycles. The van der Waals surface area contributed by atoms with Gasteiger partial charge in [0.1, 0.15) is 6.04 Å². The normalized spacial score (nSPS) is 12.5. The lowest BCUT2D eigenvalue weighted by Gasteiger charge is -2.21. The van der Waals surface area contributed by atoms with Crippen LogP contribution in [-0.4, -0.2) is 31.7 Å². The molecule has 0 aliphatic carbocycles. The number of nitrogens with two attached hydrogens (primary N) is 1. The van der Waals surface area contributed by atoms with Crippen molar-refractivity contribution < 1.29 is 13.2 Å². The van der Waals surface area contributed by atoms with Gasteiger partial charge < -0.3 is 11.1 Å². The number of hydrogen-bond acceptors (Lipinski definition) is 4. The zero-order valence-corrected chi connectivity index (χ0v) is 18.2. The lowest BCUT2D eigenvalue weighted by atomic mass is 10.1. The number of sulfonamides is 1. The van der Waals surface area contributed by atoms with Crippen LogP contribution in [0.3, 0.4) is 0 Å². The number of aryl methyl sites for hydroxylation is 1. The summed E-state index contributed by atoms with van der Waals surface area (Å²) in [6.07, 6.45) is 0. The predicted octanol–water partition coefficient (Wildman–Crippen LogP) is 2.76. The van der Waals surface area contributed by atoms with Crippen LogP contribution in [0.4, 0.5) is 0 Å². The van der Waals surface area contributed by atoms with Crippen LogP contribution in [0.15, 0.2) is 53.4 Å². The summed E-state index contributed by atoms with van der Waals surface area (Å²) in [5.41, 5.74) is 8.64. The molecule has 28 heavy (non-hydrogen) atoms. The molecule has 0 fully saturated rings. The molecule has 0 bridgehead atoms. The second kappa shape index (κ2) is 10.0. The summed E-state index contributed by atoms with van der Waals surface area (Å²) in [5.74, 6) is -0.282. The largest absolute Gasteiger partial charge is 0.350 e. The maximum atomic E-state index is 12.5. The summed E-state index contributed by atoms with van der Waals surface area (Å²) >= 11 is 0. The van der Waals surface area contributed by atoms with Crippen LogP contribution in [0.25, 0.3) is 0 Å². The highest BCUT2D eigenvalue weighted by molar-refractivity contribution is 7.89. The monoisotopic (exact) mass is 425 g/mol. The van der Waals surface area contributed by atoms with Gasteiger partial charge in [-0.05, 0) is 44.0 Å². The smallest absolute Gasteiger partial charge is 0.243 e. The molecule has 3 N–H and O–H groups in total. The first kappa shape index (κ1) is 24.1. The molecule has 1 unspecified atom stereocenters. The van der Waals surface area contributed by atoms with Crippen LogP contribution in [0.2, 0.25) is 0 Å². The standard InChI is InChI=1S/C20H27N3O3S.ClH/c1-14(2)23(4)27(25,26)18-11-7-16(8-12-18)13-22-20(24)19(21)17-9-5-15(3)6-10-17;/h5-12,14,19H,13,21H2,1-4H3,(H,22,24);1H. The molecular formula is C20H28ClN3O3S. The zero-order chi connectivity index (χ0) is 20.2. The van der Waals surface area contributed by atoms with Gasteiger partial charge in [-0.1, -0.05) is 42.0 Å². The second-order valence-corrected chi connectivity index (χ2v) is 8.86. The maximum absolute atomic E-state index is 12.5. The van der Waals surface area contributed by atoms with E-state index < -0.39 is 16.1 Å². The molecule has 6 nitrogen and oxygen atoms in total. The van der Waals surface area contributed by atoms with Crippen molar-refractivity contribution in [3.8, 4) is 0 Å². The van der Waals surface area contributed by atoms with Gasteiger partial charge >= 0.3 is 0 Å². The number of amides is 1. The average Bonchev–Trinajstić information content (AvgIpc) is 2.65. The van der Waals surface area contributed by atoms with Gasteiger partial charge in [0.05, 0.1) is 4.90 Å². The predicted molar refractivity (Wildman–Crippen MR) is 114 cm³/mol. The van der Waals surface area contributed by atoms with Gasteiger partial charge in [-0.3, -0.25) is 4.79 Å². The fourth-order valence-electron chi connectivity index (χ4n) is 2.45. The van der Waals surface area contributed by atoms with Crippen LogP contribution in [0.5, 0.6) is 0 Å². The number of halogens is 1. The third kappa shape index (κ3) is 5.78. The first-order valence-electron chi connectivity index (χ1n) is 8.79. The van der Waals surface area contributed by atoms with E-state index in [4.69, 9.17) is 5.73 Å². The van der Waals surface area contributed by atoms with Gasteiger partial charge in [0.2, 0.25) is 15.9 Å². The zero-order valence-electron chi connectivity index (χ0n) is 16.5. The van der Waals surface area contributed by atoms with Crippen molar-refractivity contribution in [1.29, 1.82) is 0 Å². The Bertz CT molecular complexity index is 882. The fourth-order valence-corrected chi connectivity index (χ4v) is 3.82. The molecule has 0 heterocycles. The number of nitrogens with one attached hydrogen (secondary N) is 1. The minimum Gasteiger partial charge on any atom is -0.350 e. The first-order chi connectivity index (χ1) is 12.6. The van der Waals surface area contributed by atoms with Crippen molar-refractivity contribution in [2.45, 2.75) is 44.3 Å². The summed E-state index contributed by atoms with van der Waals surface area (Å²) < 4.78 is 26.2. The Balaban J connectivity index is 0.00000392. The maximum Gasteiger partial charge on any atom is 0.243 e. The molecule has 1 atom stereocenters. The number of hydrogen-bond donors (Lipinski definition) is 2. The molecule has 0 spiro atoms. The van der Waals surface area contributed by atoms with E-state index in [9.17, 15) is 13.2 Å². The van der Waals surface area contributed by atoms with Crippen LogP contribution >= 0.6 is 12.4 Å². The molecule has 0 aliphatic rings. The van der Waals surface area contributed by atoms with Gasteiger partial charge in [-0.15, -0.1) is 12.4 Å². The number of nitrogens with zero attached hydrogens (tertiary/aromatic N) is 1. The summed E-state index contributed by atoms with van der Waals surface area (Å²) in [5, 5.41) is 2.79. The van der Waals surface area contributed by atoms with Crippen molar-refractivity contribution in [1.82, 2.24) is 9.62 Å². The second-order valence-electron chi connectivity index (χ2n) is 6.87. The van der Waals surface area contributed by atoms with Crippen molar-refractivity contribution >= 4 is 28.3 Å². The van der Waals surface area contributed by atoms with E-state index in [1.807, 2.05) is 45.0 Å². The number of carbonyl (C=O) groups excluding carboxylic acids is 1. The number of benzene rings is 2. The first-order valence-corrected chi connectivity index (χ1v) is 10.2. The van der Waals surface area contributed by atoms with Crippen molar-refractivity contribution in [2.24, 2.45) is 5.73 Å². The summed E-state index contributed by atoms with van der Waals surface area (Å²) in [6, 6.07) is 13.1. The average molecular weight is 426 g/mol. The molecule has 0 saturated carbocycles. The molecule has 0 aromatic heterocycles. The highest BCUT2D eigenvalue weighted by atomic mass is 35.5. The molecule has 1 amide bonds. The molecule has 154 valence electrons. The molecule has 2 rings (SSSR count). The van der Waals surface area contributed by atoms with E-state index in [-0.39, 0.29) is 35.8 Å². The van der Waals surface area contributed by atoms with E-state index in [1.54, 1.807) is 31.3 Å². The Kier molecular flexibility index (Phi) is 8.63. The molecule has 8 heteroatoms. The lowest BCUT2D eigenvalue weighted by Crippen LogP contribution is -2.34. The van der Waals surface area contributed by atoms with Crippen molar-refractivity contribution in [3.63, 3.8) is 0 Å².